The van der Waals surface area contributed by atoms with Gasteiger partial charge in [-0.25, -0.2) is 0 Å². The largest absolute Gasteiger partial charge is 0.128 e. The molecule has 0 atom stereocenters. The SMILES string of the molecule is C=C=C/C(=C\C)c1cccc(C)c1. The van der Waals surface area contributed by atoms with Gasteiger partial charge in [0.1, 0.15) is 0 Å². The van der Waals surface area contributed by atoms with Gasteiger partial charge < -0.3 is 0 Å². The molecular formula is C13H14. The summed E-state index contributed by atoms with van der Waals surface area (Å²) < 4.78 is 0. The lowest BCUT2D eigenvalue weighted by Gasteiger charge is -2.01. The van der Waals surface area contributed by atoms with Crippen LogP contribution in [-0.2, 0) is 0 Å². The summed E-state index contributed by atoms with van der Waals surface area (Å²) in [6.45, 7) is 7.69. The Morgan fingerprint density at radius 2 is 2.23 bits per heavy atom. The Bertz CT molecular complexity index is 363. The standard InChI is InChI=1S/C13H14/c1-4-7-12(5-2)13-9-6-8-11(3)10-13/h5-10H,1H2,2-3H3/b12-5+. The number of rotatable bonds is 2. The van der Waals surface area contributed by atoms with Gasteiger partial charge in [0.05, 0.1) is 0 Å². The second-order valence-electron chi connectivity index (χ2n) is 2.96. The van der Waals surface area contributed by atoms with Crippen molar-refractivity contribution in [2.45, 2.75) is 13.8 Å². The van der Waals surface area contributed by atoms with Crippen molar-refractivity contribution in [2.24, 2.45) is 0 Å². The fourth-order valence-electron chi connectivity index (χ4n) is 1.27. The van der Waals surface area contributed by atoms with E-state index in [9.17, 15) is 0 Å². The molecule has 66 valence electrons. The molecule has 0 radical (unpaired) electrons. The van der Waals surface area contributed by atoms with Crippen molar-refractivity contribution < 1.29 is 0 Å². The van der Waals surface area contributed by atoms with E-state index in [2.05, 4.69) is 49.6 Å². The molecule has 1 aromatic carbocycles. The summed E-state index contributed by atoms with van der Waals surface area (Å²) in [6, 6.07) is 8.40. The van der Waals surface area contributed by atoms with Gasteiger partial charge in [-0.3, -0.25) is 0 Å². The van der Waals surface area contributed by atoms with Crippen molar-refractivity contribution in [2.75, 3.05) is 0 Å². The van der Waals surface area contributed by atoms with Gasteiger partial charge >= 0.3 is 0 Å². The molecule has 0 aliphatic rings. The first-order valence-corrected chi connectivity index (χ1v) is 4.37. The highest BCUT2D eigenvalue weighted by Crippen LogP contribution is 2.16. The van der Waals surface area contributed by atoms with Crippen LogP contribution in [0.3, 0.4) is 0 Å². The lowest BCUT2D eigenvalue weighted by Crippen LogP contribution is -1.80. The topological polar surface area (TPSA) is 0 Å². The van der Waals surface area contributed by atoms with Crippen LogP contribution in [0.25, 0.3) is 5.57 Å². The Balaban J connectivity index is 3.13. The molecule has 0 aromatic heterocycles. The van der Waals surface area contributed by atoms with Crippen molar-refractivity contribution >= 4 is 5.57 Å². The van der Waals surface area contributed by atoms with Crippen molar-refractivity contribution in [1.82, 2.24) is 0 Å². The minimum absolute atomic E-state index is 1.17. The van der Waals surface area contributed by atoms with E-state index in [4.69, 9.17) is 0 Å². The summed E-state index contributed by atoms with van der Waals surface area (Å²) in [7, 11) is 0. The third-order valence-electron chi connectivity index (χ3n) is 1.92. The monoisotopic (exact) mass is 170 g/mol. The minimum atomic E-state index is 1.17. The average Bonchev–Trinajstić information content (AvgIpc) is 2.14. The van der Waals surface area contributed by atoms with Crippen LogP contribution in [0.2, 0.25) is 0 Å². The molecular weight excluding hydrogens is 156 g/mol. The summed E-state index contributed by atoms with van der Waals surface area (Å²) in [5.74, 6) is 0. The molecule has 0 aliphatic carbocycles. The van der Waals surface area contributed by atoms with Gasteiger partial charge in [-0.05, 0) is 31.1 Å². The van der Waals surface area contributed by atoms with E-state index in [1.807, 2.05) is 13.0 Å². The number of hydrogen-bond acceptors (Lipinski definition) is 0. The number of hydrogen-bond donors (Lipinski definition) is 0. The first-order valence-electron chi connectivity index (χ1n) is 4.37. The van der Waals surface area contributed by atoms with Crippen LogP contribution in [0.4, 0.5) is 0 Å². The van der Waals surface area contributed by atoms with E-state index in [1.54, 1.807) is 0 Å². The molecule has 1 aromatic rings. The van der Waals surface area contributed by atoms with Crippen LogP contribution >= 0.6 is 0 Å². The van der Waals surface area contributed by atoms with Gasteiger partial charge in [-0.15, -0.1) is 5.73 Å². The third-order valence-corrected chi connectivity index (χ3v) is 1.92. The maximum absolute atomic E-state index is 3.57. The van der Waals surface area contributed by atoms with Crippen molar-refractivity contribution in [3.05, 3.63) is 59.9 Å². The number of aryl methyl sites for hydroxylation is 1. The molecule has 0 nitrogen and oxygen atoms in total. The normalized spacial score (nSPS) is 10.8. The number of benzene rings is 1. The van der Waals surface area contributed by atoms with Crippen molar-refractivity contribution in [3.63, 3.8) is 0 Å². The van der Waals surface area contributed by atoms with E-state index >= 15 is 0 Å². The first kappa shape index (κ1) is 9.57. The molecule has 0 unspecified atom stereocenters. The van der Waals surface area contributed by atoms with Gasteiger partial charge in [0, 0.05) is 0 Å². The highest BCUT2D eigenvalue weighted by molar-refractivity contribution is 5.73. The van der Waals surface area contributed by atoms with Gasteiger partial charge in [-0.1, -0.05) is 42.5 Å². The van der Waals surface area contributed by atoms with Gasteiger partial charge in [0.25, 0.3) is 0 Å². The molecule has 1 rings (SSSR count). The Kier molecular flexibility index (Phi) is 3.31. The van der Waals surface area contributed by atoms with Crippen molar-refractivity contribution in [3.8, 4) is 0 Å². The summed E-state index contributed by atoms with van der Waals surface area (Å²) in [5, 5.41) is 0. The summed E-state index contributed by atoms with van der Waals surface area (Å²) in [6.07, 6.45) is 3.96. The van der Waals surface area contributed by atoms with Gasteiger partial charge in [-0.2, -0.15) is 0 Å². The van der Waals surface area contributed by atoms with Crippen molar-refractivity contribution in [1.29, 1.82) is 0 Å². The molecule has 0 N–H and O–H groups in total. The molecule has 0 saturated carbocycles. The maximum atomic E-state index is 3.57. The quantitative estimate of drug-likeness (QED) is 0.468. The Labute approximate surface area is 79.9 Å². The molecule has 13 heavy (non-hydrogen) atoms. The lowest BCUT2D eigenvalue weighted by molar-refractivity contribution is 1.45. The zero-order valence-corrected chi connectivity index (χ0v) is 8.17. The van der Waals surface area contributed by atoms with Crippen LogP contribution < -0.4 is 0 Å². The highest BCUT2D eigenvalue weighted by Gasteiger charge is 1.95. The first-order chi connectivity index (χ1) is 6.27. The minimum Gasteiger partial charge on any atom is -0.128 e. The van der Waals surface area contributed by atoms with E-state index in [-0.39, 0.29) is 0 Å². The lowest BCUT2D eigenvalue weighted by atomic mass is 10.0. The second kappa shape index (κ2) is 4.49. The summed E-state index contributed by atoms with van der Waals surface area (Å²) in [4.78, 5) is 0. The predicted octanol–water partition coefficient (Wildman–Crippen LogP) is 3.74. The van der Waals surface area contributed by atoms with E-state index in [0.717, 1.165) is 0 Å². The van der Waals surface area contributed by atoms with Crippen LogP contribution in [0, 0.1) is 6.92 Å². The van der Waals surface area contributed by atoms with E-state index < -0.39 is 0 Å². The second-order valence-corrected chi connectivity index (χ2v) is 2.96. The zero-order valence-electron chi connectivity index (χ0n) is 8.17. The highest BCUT2D eigenvalue weighted by atomic mass is 14.0. The summed E-state index contributed by atoms with van der Waals surface area (Å²) in [5.41, 5.74) is 6.45. The molecule has 0 heterocycles. The smallest absolute Gasteiger partial charge is 0.0131 e. The van der Waals surface area contributed by atoms with Crippen LogP contribution in [0.1, 0.15) is 18.1 Å². The molecule has 0 fully saturated rings. The van der Waals surface area contributed by atoms with Crippen LogP contribution in [-0.4, -0.2) is 0 Å². The van der Waals surface area contributed by atoms with Crippen LogP contribution in [0.15, 0.2) is 48.7 Å². The molecule has 0 bridgehead atoms. The summed E-state index contributed by atoms with van der Waals surface area (Å²) >= 11 is 0. The zero-order chi connectivity index (χ0) is 9.68. The van der Waals surface area contributed by atoms with Crippen LogP contribution in [0.5, 0.6) is 0 Å². The molecule has 0 aliphatic heterocycles. The van der Waals surface area contributed by atoms with Gasteiger partial charge in [0.2, 0.25) is 0 Å². The van der Waals surface area contributed by atoms with Gasteiger partial charge in [0.15, 0.2) is 0 Å². The Morgan fingerprint density at radius 3 is 2.77 bits per heavy atom. The fraction of sp³-hybridized carbons (Fsp3) is 0.154. The molecule has 0 spiro atoms. The number of allylic oxidation sites excluding steroid dienone is 3. The van der Waals surface area contributed by atoms with E-state index in [1.165, 1.54) is 16.7 Å². The predicted molar refractivity (Wildman–Crippen MR) is 58.5 cm³/mol. The third kappa shape index (κ3) is 2.47. The fourth-order valence-corrected chi connectivity index (χ4v) is 1.27. The average molecular weight is 170 g/mol. The molecule has 0 heteroatoms. The molecule has 0 amide bonds. The maximum Gasteiger partial charge on any atom is -0.0131 e. The molecule has 0 saturated heterocycles. The Morgan fingerprint density at radius 1 is 1.46 bits per heavy atom. The van der Waals surface area contributed by atoms with E-state index in [0.29, 0.717) is 0 Å². The Hall–Kier alpha value is -1.52.